The molecule has 2 aromatic rings. The Morgan fingerprint density at radius 3 is 2.11 bits per heavy atom. The van der Waals surface area contributed by atoms with Crippen molar-refractivity contribution in [2.24, 2.45) is 5.73 Å². The molecule has 11 nitrogen and oxygen atoms in total. The molecule has 0 aliphatic rings. The van der Waals surface area contributed by atoms with Gasteiger partial charge in [0.25, 0.3) is 5.91 Å². The number of benzene rings is 2. The molecular weight excluding hydrogens is 492 g/mol. The Morgan fingerprint density at radius 2 is 1.61 bits per heavy atom. The van der Waals surface area contributed by atoms with Gasteiger partial charge < -0.3 is 36.2 Å². The summed E-state index contributed by atoms with van der Waals surface area (Å²) in [4.78, 5) is 52.8. The number of phenols is 1. The summed E-state index contributed by atoms with van der Waals surface area (Å²) in [5.41, 5.74) is 6.93. The monoisotopic (exact) mass is 528 g/mol. The van der Waals surface area contributed by atoms with Gasteiger partial charge in [-0.15, -0.1) is 0 Å². The van der Waals surface area contributed by atoms with Crippen LogP contribution in [0.15, 0.2) is 42.5 Å². The number of primary amides is 1. The van der Waals surface area contributed by atoms with E-state index in [0.717, 1.165) is 16.0 Å². The van der Waals surface area contributed by atoms with Crippen molar-refractivity contribution in [3.63, 3.8) is 0 Å². The summed E-state index contributed by atoms with van der Waals surface area (Å²) in [7, 11) is 0. The van der Waals surface area contributed by atoms with Crippen LogP contribution in [0.4, 0.5) is 10.5 Å². The van der Waals surface area contributed by atoms with Crippen LogP contribution in [0.5, 0.6) is 5.75 Å². The number of amides is 4. The zero-order valence-electron chi connectivity index (χ0n) is 22.3. The Hall–Kier alpha value is -4.12. The summed E-state index contributed by atoms with van der Waals surface area (Å²) >= 11 is 0. The van der Waals surface area contributed by atoms with E-state index in [1.807, 2.05) is 32.0 Å². The van der Waals surface area contributed by atoms with Crippen LogP contribution in [-0.4, -0.2) is 63.7 Å². The first-order valence-corrected chi connectivity index (χ1v) is 12.1. The van der Waals surface area contributed by atoms with E-state index in [1.54, 1.807) is 20.8 Å². The van der Waals surface area contributed by atoms with Gasteiger partial charge in [0.05, 0.1) is 13.0 Å². The number of aromatic hydroxyl groups is 1. The smallest absolute Gasteiger partial charge is 0.408 e. The third-order valence-electron chi connectivity index (χ3n) is 5.52. The molecular formula is C27H36N4O7. The molecule has 0 aliphatic heterocycles. The van der Waals surface area contributed by atoms with Crippen LogP contribution in [0.25, 0.3) is 0 Å². The van der Waals surface area contributed by atoms with Crippen LogP contribution in [0.3, 0.4) is 0 Å². The van der Waals surface area contributed by atoms with Crippen molar-refractivity contribution in [3.8, 4) is 5.75 Å². The molecule has 0 fully saturated rings. The second-order valence-electron chi connectivity index (χ2n) is 9.87. The summed E-state index contributed by atoms with van der Waals surface area (Å²) in [5.74, 6) is -2.37. The molecule has 2 atom stereocenters. The minimum absolute atomic E-state index is 0.0547. The van der Waals surface area contributed by atoms with Crippen LogP contribution >= 0.6 is 0 Å². The lowest BCUT2D eigenvalue weighted by Gasteiger charge is -2.34. The fourth-order valence-corrected chi connectivity index (χ4v) is 3.86. The first kappa shape index (κ1) is 30.1. The number of ether oxygens (including phenoxy) is 1. The Labute approximate surface area is 222 Å². The number of alkyl carbamates (subject to hydrolysis) is 1. The van der Waals surface area contributed by atoms with Gasteiger partial charge in [-0.1, -0.05) is 30.3 Å². The Bertz CT molecular complexity index is 1140. The Morgan fingerprint density at radius 1 is 1.03 bits per heavy atom. The van der Waals surface area contributed by atoms with Gasteiger partial charge in [-0.25, -0.2) is 4.79 Å². The number of carbonyl (C=O) groups is 4. The van der Waals surface area contributed by atoms with E-state index in [-0.39, 0.29) is 12.3 Å². The van der Waals surface area contributed by atoms with Crippen molar-refractivity contribution in [1.82, 2.24) is 10.2 Å². The lowest BCUT2D eigenvalue weighted by molar-refractivity contribution is -0.142. The van der Waals surface area contributed by atoms with Crippen molar-refractivity contribution in [3.05, 3.63) is 59.2 Å². The standard InChI is InChI=1S/C27H36N4O7/c1-16-7-6-8-17(2)22(16)30-24(35)23(18-9-11-19(33)12-10-18)31(13-14-32)25(36)20(15-21(28)34)29-26(37)38-27(3,4)5/h6-12,20,23,32-33H,13-15H2,1-5H3,(H2,28,34)(H,29,37)(H,30,35). The number of rotatable bonds is 10. The van der Waals surface area contributed by atoms with Crippen molar-refractivity contribution < 1.29 is 34.1 Å². The van der Waals surface area contributed by atoms with Gasteiger partial charge in [0.2, 0.25) is 11.8 Å². The molecule has 38 heavy (non-hydrogen) atoms. The number of para-hydroxylation sites is 1. The van der Waals surface area contributed by atoms with Gasteiger partial charge >= 0.3 is 6.09 Å². The highest BCUT2D eigenvalue weighted by Crippen LogP contribution is 2.28. The van der Waals surface area contributed by atoms with E-state index < -0.39 is 54.5 Å². The molecule has 0 aromatic heterocycles. The van der Waals surface area contributed by atoms with Gasteiger partial charge in [-0.2, -0.15) is 0 Å². The second kappa shape index (κ2) is 12.9. The van der Waals surface area contributed by atoms with Crippen molar-refractivity contribution in [2.45, 2.75) is 58.7 Å². The van der Waals surface area contributed by atoms with Crippen LogP contribution in [0.2, 0.25) is 0 Å². The molecule has 0 radical (unpaired) electrons. The number of aliphatic hydroxyl groups excluding tert-OH is 1. The third-order valence-corrected chi connectivity index (χ3v) is 5.52. The fourth-order valence-electron chi connectivity index (χ4n) is 3.86. The number of aliphatic hydroxyl groups is 1. The van der Waals surface area contributed by atoms with Crippen LogP contribution in [-0.2, 0) is 19.1 Å². The van der Waals surface area contributed by atoms with E-state index >= 15 is 0 Å². The first-order valence-electron chi connectivity index (χ1n) is 12.1. The van der Waals surface area contributed by atoms with Gasteiger partial charge in [-0.05, 0) is 63.4 Å². The summed E-state index contributed by atoms with van der Waals surface area (Å²) in [6.07, 6.45) is -1.52. The summed E-state index contributed by atoms with van der Waals surface area (Å²) in [6.45, 7) is 7.71. The minimum Gasteiger partial charge on any atom is -0.508 e. The van der Waals surface area contributed by atoms with E-state index in [1.165, 1.54) is 24.3 Å². The van der Waals surface area contributed by atoms with Crippen molar-refractivity contribution >= 4 is 29.5 Å². The first-order chi connectivity index (χ1) is 17.7. The van der Waals surface area contributed by atoms with Gasteiger partial charge in [-0.3, -0.25) is 14.4 Å². The highest BCUT2D eigenvalue weighted by molar-refractivity contribution is 6.00. The predicted octanol–water partition coefficient (Wildman–Crippen LogP) is 2.28. The Kier molecular flexibility index (Phi) is 10.2. The maximum Gasteiger partial charge on any atom is 0.408 e. The van der Waals surface area contributed by atoms with Gasteiger partial charge in [0.1, 0.15) is 23.4 Å². The molecule has 0 saturated carbocycles. The number of nitrogens with two attached hydrogens (primary N) is 1. The van der Waals surface area contributed by atoms with E-state index in [2.05, 4.69) is 10.6 Å². The maximum absolute atomic E-state index is 13.7. The number of carbonyl (C=O) groups excluding carboxylic acids is 4. The zero-order valence-corrected chi connectivity index (χ0v) is 22.3. The molecule has 6 N–H and O–H groups in total. The SMILES string of the molecule is Cc1cccc(C)c1NC(=O)C(c1ccc(O)cc1)N(CCO)C(=O)C(CC(N)=O)NC(=O)OC(C)(C)C. The predicted molar refractivity (Wildman–Crippen MR) is 141 cm³/mol. The number of nitrogens with one attached hydrogen (secondary N) is 2. The van der Waals surface area contributed by atoms with Gasteiger partial charge in [0.15, 0.2) is 0 Å². The molecule has 0 aliphatic carbocycles. The largest absolute Gasteiger partial charge is 0.508 e. The van der Waals surface area contributed by atoms with Crippen molar-refractivity contribution in [1.29, 1.82) is 0 Å². The average molecular weight is 529 g/mol. The van der Waals surface area contributed by atoms with E-state index in [4.69, 9.17) is 10.5 Å². The topological polar surface area (TPSA) is 171 Å². The minimum atomic E-state index is -1.47. The molecule has 0 saturated heterocycles. The maximum atomic E-state index is 13.7. The third kappa shape index (κ3) is 8.48. The second-order valence-corrected chi connectivity index (χ2v) is 9.87. The fraction of sp³-hybridized carbons (Fsp3) is 0.407. The summed E-state index contributed by atoms with van der Waals surface area (Å²) < 4.78 is 5.22. The number of phenolic OH excluding ortho intramolecular Hbond substituents is 1. The number of hydrogen-bond donors (Lipinski definition) is 5. The summed E-state index contributed by atoms with van der Waals surface area (Å²) in [5, 5.41) is 24.8. The molecule has 0 heterocycles. The van der Waals surface area contributed by atoms with Crippen LogP contribution in [0.1, 0.15) is 49.9 Å². The van der Waals surface area contributed by atoms with E-state index in [0.29, 0.717) is 11.3 Å². The normalized spacial score (nSPS) is 12.7. The lowest BCUT2D eigenvalue weighted by Crippen LogP contribution is -2.54. The molecule has 0 bridgehead atoms. The van der Waals surface area contributed by atoms with Crippen LogP contribution in [0, 0.1) is 13.8 Å². The highest BCUT2D eigenvalue weighted by Gasteiger charge is 2.37. The number of hydrogen-bond acceptors (Lipinski definition) is 7. The highest BCUT2D eigenvalue weighted by atomic mass is 16.6. The van der Waals surface area contributed by atoms with E-state index in [9.17, 15) is 29.4 Å². The average Bonchev–Trinajstić information content (AvgIpc) is 2.80. The summed E-state index contributed by atoms with van der Waals surface area (Å²) in [6, 6.07) is 8.36. The van der Waals surface area contributed by atoms with Crippen molar-refractivity contribution in [2.75, 3.05) is 18.5 Å². The zero-order chi connectivity index (χ0) is 28.6. The molecule has 2 aromatic carbocycles. The number of nitrogens with zero attached hydrogens (tertiary/aromatic N) is 1. The molecule has 2 unspecified atom stereocenters. The molecule has 2 rings (SSSR count). The lowest BCUT2D eigenvalue weighted by atomic mass is 10.0. The molecule has 11 heteroatoms. The molecule has 0 spiro atoms. The van der Waals surface area contributed by atoms with Crippen LogP contribution < -0.4 is 16.4 Å². The molecule has 206 valence electrons. The molecule has 4 amide bonds. The quantitative estimate of drug-likeness (QED) is 0.315. The number of anilines is 1. The van der Waals surface area contributed by atoms with Gasteiger partial charge in [0, 0.05) is 12.2 Å². The number of aryl methyl sites for hydroxylation is 2. The Balaban J connectivity index is 2.53.